The molecule has 172 valence electrons. The van der Waals surface area contributed by atoms with E-state index in [1.807, 2.05) is 0 Å². The van der Waals surface area contributed by atoms with Gasteiger partial charge >= 0.3 is 6.09 Å². The third-order valence-corrected chi connectivity index (χ3v) is 7.63. The predicted octanol–water partition coefficient (Wildman–Crippen LogP) is 3.82. The summed E-state index contributed by atoms with van der Waals surface area (Å²) in [4.78, 5) is 25.9. The quantitative estimate of drug-likeness (QED) is 0.603. The maximum Gasteiger partial charge on any atom is 0.411 e. The zero-order chi connectivity index (χ0) is 23.6. The van der Waals surface area contributed by atoms with E-state index in [0.29, 0.717) is 16.3 Å². The molecule has 2 amide bonds. The maximum absolute atomic E-state index is 13.1. The van der Waals surface area contributed by atoms with Gasteiger partial charge in [-0.2, -0.15) is 4.31 Å². The molecule has 1 aliphatic rings. The molecule has 1 fully saturated rings. The molecule has 0 bridgehead atoms. The van der Waals surface area contributed by atoms with E-state index in [1.165, 1.54) is 11.4 Å². The number of ether oxygens (including phenoxy) is 1. The molecule has 8 nitrogen and oxygen atoms in total. The second-order valence-corrected chi connectivity index (χ2v) is 9.92. The Labute approximate surface area is 196 Å². The Morgan fingerprint density at radius 2 is 1.55 bits per heavy atom. The number of amides is 2. The summed E-state index contributed by atoms with van der Waals surface area (Å²) in [5.41, 5.74) is 0.960. The third-order valence-electron chi connectivity index (χ3n) is 5.50. The van der Waals surface area contributed by atoms with Crippen LogP contribution < -0.4 is 5.32 Å². The molecule has 0 atom stereocenters. The summed E-state index contributed by atoms with van der Waals surface area (Å²) in [6.45, 7) is 0.968. The zero-order valence-electron chi connectivity index (χ0n) is 17.8. The van der Waals surface area contributed by atoms with E-state index in [9.17, 15) is 18.0 Å². The molecule has 0 radical (unpaired) electrons. The van der Waals surface area contributed by atoms with Gasteiger partial charge in [0.1, 0.15) is 0 Å². The van der Waals surface area contributed by atoms with Gasteiger partial charge in [-0.05, 0) is 59.3 Å². The summed E-state index contributed by atoms with van der Waals surface area (Å²) in [6.07, 6.45) is -0.596. The Bertz CT molecular complexity index is 1300. The van der Waals surface area contributed by atoms with Gasteiger partial charge in [0.05, 0.1) is 12.0 Å². The molecule has 0 unspecified atom stereocenters. The molecule has 3 aromatic carbocycles. The Balaban J connectivity index is 1.42. The number of benzene rings is 3. The molecule has 1 saturated heterocycles. The van der Waals surface area contributed by atoms with Crippen molar-refractivity contribution in [2.24, 2.45) is 0 Å². The molecule has 4 rings (SSSR count). The molecular formula is C23H22ClN3O5S. The lowest BCUT2D eigenvalue weighted by molar-refractivity contribution is 0.0698. The number of nitrogens with zero attached hydrogens (tertiary/aromatic N) is 2. The van der Waals surface area contributed by atoms with Crippen molar-refractivity contribution >= 4 is 50.1 Å². The van der Waals surface area contributed by atoms with Crippen molar-refractivity contribution in [1.29, 1.82) is 0 Å². The molecule has 0 aliphatic carbocycles. The number of sulfonamides is 1. The normalized spacial score (nSPS) is 14.8. The molecule has 1 heterocycles. The second-order valence-electron chi connectivity index (χ2n) is 7.54. The number of nitrogens with one attached hydrogen (secondary N) is 1. The molecular weight excluding hydrogens is 466 g/mol. The first-order valence-corrected chi connectivity index (χ1v) is 12.0. The van der Waals surface area contributed by atoms with Crippen molar-refractivity contribution in [3.63, 3.8) is 0 Å². The average Bonchev–Trinajstić information content (AvgIpc) is 2.83. The van der Waals surface area contributed by atoms with Crippen molar-refractivity contribution in [1.82, 2.24) is 9.21 Å². The lowest BCUT2D eigenvalue weighted by atomic mass is 10.1. The first kappa shape index (κ1) is 23.0. The fraction of sp³-hybridized carbons (Fsp3) is 0.217. The van der Waals surface area contributed by atoms with Gasteiger partial charge in [-0.15, -0.1) is 0 Å². The van der Waals surface area contributed by atoms with Gasteiger partial charge in [0.2, 0.25) is 10.0 Å². The van der Waals surface area contributed by atoms with E-state index >= 15 is 0 Å². The highest BCUT2D eigenvalue weighted by molar-refractivity contribution is 7.89. The first-order valence-electron chi connectivity index (χ1n) is 10.2. The van der Waals surface area contributed by atoms with Gasteiger partial charge in [-0.25, -0.2) is 13.2 Å². The number of methoxy groups -OCH3 is 1. The van der Waals surface area contributed by atoms with Crippen molar-refractivity contribution < 1.29 is 22.7 Å². The maximum atomic E-state index is 13.1. The summed E-state index contributed by atoms with van der Waals surface area (Å²) in [7, 11) is -2.42. The van der Waals surface area contributed by atoms with Gasteiger partial charge in [-0.1, -0.05) is 23.7 Å². The van der Waals surface area contributed by atoms with Crippen molar-refractivity contribution in [3.8, 4) is 0 Å². The highest BCUT2D eigenvalue weighted by Crippen LogP contribution is 2.25. The summed E-state index contributed by atoms with van der Waals surface area (Å²) in [5, 5.41) is 4.77. The molecule has 10 heteroatoms. The van der Waals surface area contributed by atoms with Gasteiger partial charge in [0.15, 0.2) is 0 Å². The minimum atomic E-state index is -3.69. The Morgan fingerprint density at radius 1 is 0.909 bits per heavy atom. The van der Waals surface area contributed by atoms with E-state index in [-0.39, 0.29) is 37.0 Å². The van der Waals surface area contributed by atoms with Crippen LogP contribution in [-0.4, -0.2) is 62.9 Å². The van der Waals surface area contributed by atoms with Crippen molar-refractivity contribution in [3.05, 3.63) is 71.2 Å². The van der Waals surface area contributed by atoms with Crippen LogP contribution >= 0.6 is 11.6 Å². The minimum Gasteiger partial charge on any atom is -0.453 e. The van der Waals surface area contributed by atoms with Crippen LogP contribution in [-0.2, 0) is 14.8 Å². The number of anilines is 1. The Morgan fingerprint density at radius 3 is 2.21 bits per heavy atom. The van der Waals surface area contributed by atoms with Crippen LogP contribution in [0.1, 0.15) is 10.4 Å². The number of piperazine rings is 1. The molecule has 0 saturated carbocycles. The average molecular weight is 488 g/mol. The summed E-state index contributed by atoms with van der Waals surface area (Å²) >= 11 is 6.01. The van der Waals surface area contributed by atoms with Crippen LogP contribution in [0.2, 0.25) is 5.02 Å². The van der Waals surface area contributed by atoms with Crippen molar-refractivity contribution in [2.75, 3.05) is 38.6 Å². The van der Waals surface area contributed by atoms with Crippen LogP contribution in [0.3, 0.4) is 0 Å². The number of carbonyl (C=O) groups is 2. The predicted molar refractivity (Wildman–Crippen MR) is 126 cm³/mol. The van der Waals surface area contributed by atoms with Gasteiger partial charge in [-0.3, -0.25) is 10.1 Å². The SMILES string of the molecule is COC(=O)Nc1ccc(C(=O)N2CCN(S(=O)(=O)c3ccc4cc(Cl)ccc4c3)CC2)cc1. The lowest BCUT2D eigenvalue weighted by Crippen LogP contribution is -2.50. The number of carbonyl (C=O) groups excluding carboxylic acids is 2. The molecule has 3 aromatic rings. The number of rotatable bonds is 4. The molecule has 1 N–H and O–H groups in total. The molecule has 0 aromatic heterocycles. The van der Waals surface area contributed by atoms with E-state index < -0.39 is 16.1 Å². The molecule has 0 spiro atoms. The van der Waals surface area contributed by atoms with Gasteiger partial charge in [0, 0.05) is 42.5 Å². The van der Waals surface area contributed by atoms with Crippen LogP contribution in [0.4, 0.5) is 10.5 Å². The zero-order valence-corrected chi connectivity index (χ0v) is 19.4. The van der Waals surface area contributed by atoms with Gasteiger partial charge in [0.25, 0.3) is 5.91 Å². The fourth-order valence-corrected chi connectivity index (χ4v) is 5.32. The minimum absolute atomic E-state index is 0.195. The van der Waals surface area contributed by atoms with Crippen LogP contribution in [0.5, 0.6) is 0 Å². The number of fused-ring (bicyclic) bond motifs is 1. The number of hydrogen-bond donors (Lipinski definition) is 1. The van der Waals surface area contributed by atoms with Crippen molar-refractivity contribution in [2.45, 2.75) is 4.90 Å². The molecule has 1 aliphatic heterocycles. The van der Waals surface area contributed by atoms with Gasteiger partial charge < -0.3 is 9.64 Å². The van der Waals surface area contributed by atoms with E-state index in [4.69, 9.17) is 11.6 Å². The van der Waals surface area contributed by atoms with Crippen LogP contribution in [0, 0.1) is 0 Å². The van der Waals surface area contributed by atoms with E-state index in [0.717, 1.165) is 10.8 Å². The number of hydrogen-bond acceptors (Lipinski definition) is 5. The van der Waals surface area contributed by atoms with E-state index in [2.05, 4.69) is 10.1 Å². The fourth-order valence-electron chi connectivity index (χ4n) is 3.68. The number of halogens is 1. The summed E-state index contributed by atoms with van der Waals surface area (Å²) in [5.74, 6) is -0.195. The standard InChI is InChI=1S/C23H22ClN3O5S/c1-32-23(29)25-20-7-3-16(4-8-20)22(28)26-10-12-27(13-11-26)33(30,31)21-9-5-17-14-19(24)6-2-18(17)15-21/h2-9,14-15H,10-13H2,1H3,(H,25,29). The Hall–Kier alpha value is -3.14. The first-order chi connectivity index (χ1) is 15.8. The van der Waals surface area contributed by atoms with Crippen LogP contribution in [0.25, 0.3) is 10.8 Å². The van der Waals surface area contributed by atoms with Crippen LogP contribution in [0.15, 0.2) is 65.6 Å². The van der Waals surface area contributed by atoms with E-state index in [1.54, 1.807) is 65.6 Å². The lowest BCUT2D eigenvalue weighted by Gasteiger charge is -2.34. The highest BCUT2D eigenvalue weighted by atomic mass is 35.5. The largest absolute Gasteiger partial charge is 0.453 e. The molecule has 33 heavy (non-hydrogen) atoms. The Kier molecular flexibility index (Phi) is 6.55. The topological polar surface area (TPSA) is 96.0 Å². The second kappa shape index (κ2) is 9.38. The monoisotopic (exact) mass is 487 g/mol. The summed E-state index contributed by atoms with van der Waals surface area (Å²) in [6, 6.07) is 16.7. The third kappa shape index (κ3) is 4.95. The smallest absolute Gasteiger partial charge is 0.411 e. The summed E-state index contributed by atoms with van der Waals surface area (Å²) < 4.78 is 32.2. The highest BCUT2D eigenvalue weighted by Gasteiger charge is 2.30.